The number of nitro groups is 1. The maximum absolute atomic E-state index is 11.9. The second kappa shape index (κ2) is 9.45. The number of piperidine rings is 1. The minimum atomic E-state index is -0.729. The molecule has 0 unspecified atom stereocenters. The number of halogens is 1. The number of nitrogens with two attached hydrogens (primary N) is 1. The molecule has 24 heavy (non-hydrogen) atoms. The van der Waals surface area contributed by atoms with Gasteiger partial charge in [-0.3, -0.25) is 19.7 Å². The molecule has 0 aromatic heterocycles. The number of benzene rings is 1. The van der Waals surface area contributed by atoms with Crippen LogP contribution in [-0.2, 0) is 4.79 Å². The third-order valence-electron chi connectivity index (χ3n) is 3.46. The van der Waals surface area contributed by atoms with Crippen LogP contribution in [0.15, 0.2) is 23.1 Å². The lowest BCUT2D eigenvalue weighted by molar-refractivity contribution is -0.387. The van der Waals surface area contributed by atoms with Gasteiger partial charge in [-0.05, 0) is 31.5 Å². The Balaban J connectivity index is 0.00000288. The number of thioether (sulfide) groups is 1. The van der Waals surface area contributed by atoms with Crippen molar-refractivity contribution in [3.63, 3.8) is 0 Å². The Hall–Kier alpha value is -1.84. The number of carbonyl (C=O) groups is 2. The predicted octanol–water partition coefficient (Wildman–Crippen LogP) is 1.08. The summed E-state index contributed by atoms with van der Waals surface area (Å²) in [6.07, 6.45) is 1.94. The van der Waals surface area contributed by atoms with Gasteiger partial charge in [0.05, 0.1) is 15.6 Å². The number of primary amides is 1. The van der Waals surface area contributed by atoms with Gasteiger partial charge in [-0.2, -0.15) is 0 Å². The zero-order valence-corrected chi connectivity index (χ0v) is 14.5. The minimum absolute atomic E-state index is 0. The quantitative estimate of drug-likeness (QED) is 0.388. The Bertz CT molecular complexity index is 623. The van der Waals surface area contributed by atoms with E-state index in [4.69, 9.17) is 5.73 Å². The van der Waals surface area contributed by atoms with E-state index in [1.165, 1.54) is 12.1 Å². The summed E-state index contributed by atoms with van der Waals surface area (Å²) in [5, 5.41) is 17.2. The normalized spacial score (nSPS) is 16.8. The Morgan fingerprint density at radius 1 is 1.46 bits per heavy atom. The zero-order chi connectivity index (χ0) is 16.8. The van der Waals surface area contributed by atoms with Gasteiger partial charge in [0.1, 0.15) is 0 Å². The molecular formula is C14H19ClN4O4S. The van der Waals surface area contributed by atoms with E-state index < -0.39 is 10.8 Å². The van der Waals surface area contributed by atoms with Gasteiger partial charge < -0.3 is 16.4 Å². The highest BCUT2D eigenvalue weighted by Crippen LogP contribution is 2.30. The summed E-state index contributed by atoms with van der Waals surface area (Å²) in [5.41, 5.74) is 4.97. The molecule has 10 heteroatoms. The van der Waals surface area contributed by atoms with Gasteiger partial charge in [0.2, 0.25) is 11.8 Å². The fraction of sp³-hybridized carbons (Fsp3) is 0.429. The van der Waals surface area contributed by atoms with Gasteiger partial charge in [0.15, 0.2) is 0 Å². The molecule has 1 aliphatic rings. The first-order chi connectivity index (χ1) is 11.0. The molecule has 1 aliphatic heterocycles. The fourth-order valence-corrected chi connectivity index (χ4v) is 3.14. The van der Waals surface area contributed by atoms with Gasteiger partial charge in [-0.25, -0.2) is 0 Å². The fourth-order valence-electron chi connectivity index (χ4n) is 2.32. The number of amides is 2. The van der Waals surface area contributed by atoms with E-state index in [0.29, 0.717) is 4.90 Å². The Labute approximate surface area is 149 Å². The summed E-state index contributed by atoms with van der Waals surface area (Å²) in [4.78, 5) is 33.9. The molecule has 1 aromatic carbocycles. The molecule has 1 fully saturated rings. The molecule has 0 radical (unpaired) electrons. The third kappa shape index (κ3) is 5.66. The molecule has 1 saturated heterocycles. The molecule has 0 spiro atoms. The van der Waals surface area contributed by atoms with E-state index in [-0.39, 0.29) is 41.4 Å². The van der Waals surface area contributed by atoms with E-state index in [1.807, 2.05) is 0 Å². The van der Waals surface area contributed by atoms with E-state index >= 15 is 0 Å². The van der Waals surface area contributed by atoms with E-state index in [0.717, 1.165) is 43.8 Å². The van der Waals surface area contributed by atoms with Crippen molar-refractivity contribution in [2.75, 3.05) is 18.8 Å². The highest BCUT2D eigenvalue weighted by molar-refractivity contribution is 8.00. The molecule has 2 amide bonds. The first-order valence-electron chi connectivity index (χ1n) is 7.18. The molecule has 132 valence electrons. The lowest BCUT2D eigenvalue weighted by atomic mass is 10.1. The maximum atomic E-state index is 11.9. The first kappa shape index (κ1) is 20.2. The molecule has 8 nitrogen and oxygen atoms in total. The molecule has 1 aromatic rings. The second-order valence-corrected chi connectivity index (χ2v) is 6.22. The standard InChI is InChI=1S/C14H18N4O4S.ClH/c15-14(20)9-3-4-12(11(6-9)18(21)22)23-8-13(19)17-10-2-1-5-16-7-10;/h3-4,6,10,16H,1-2,5,7-8H2,(H2,15,20)(H,17,19);1H/t10-;/m0./s1. The largest absolute Gasteiger partial charge is 0.366 e. The summed E-state index contributed by atoms with van der Waals surface area (Å²) < 4.78 is 0. The van der Waals surface area contributed by atoms with Crippen LogP contribution in [0.1, 0.15) is 23.2 Å². The molecule has 0 aliphatic carbocycles. The first-order valence-corrected chi connectivity index (χ1v) is 8.17. The summed E-state index contributed by atoms with van der Waals surface area (Å²) in [6.45, 7) is 1.70. The predicted molar refractivity (Wildman–Crippen MR) is 93.6 cm³/mol. The SMILES string of the molecule is Cl.NC(=O)c1ccc(SCC(=O)N[C@H]2CCCNC2)c([N+](=O)[O-])c1. The number of nitrogens with zero attached hydrogens (tertiary/aromatic N) is 1. The van der Waals surface area contributed by atoms with Crippen LogP contribution in [0.4, 0.5) is 5.69 Å². The summed E-state index contributed by atoms with van der Waals surface area (Å²) in [5.74, 6) is -0.822. The van der Waals surface area contributed by atoms with Crippen LogP contribution in [0.3, 0.4) is 0 Å². The van der Waals surface area contributed by atoms with Crippen molar-refractivity contribution >= 4 is 41.7 Å². The van der Waals surface area contributed by atoms with E-state index in [9.17, 15) is 19.7 Å². The third-order valence-corrected chi connectivity index (χ3v) is 4.52. The Morgan fingerprint density at radius 2 is 2.21 bits per heavy atom. The maximum Gasteiger partial charge on any atom is 0.283 e. The van der Waals surface area contributed by atoms with Gasteiger partial charge in [0.25, 0.3) is 5.69 Å². The minimum Gasteiger partial charge on any atom is -0.366 e. The number of hydrogen-bond donors (Lipinski definition) is 3. The highest BCUT2D eigenvalue weighted by Gasteiger charge is 2.19. The van der Waals surface area contributed by atoms with Crippen molar-refractivity contribution in [2.45, 2.75) is 23.8 Å². The van der Waals surface area contributed by atoms with Crippen LogP contribution in [0, 0.1) is 10.1 Å². The van der Waals surface area contributed by atoms with Crippen LogP contribution < -0.4 is 16.4 Å². The monoisotopic (exact) mass is 374 g/mol. The number of rotatable bonds is 6. The van der Waals surface area contributed by atoms with Crippen molar-refractivity contribution in [1.29, 1.82) is 0 Å². The van der Waals surface area contributed by atoms with Crippen molar-refractivity contribution in [3.05, 3.63) is 33.9 Å². The van der Waals surface area contributed by atoms with Crippen LogP contribution in [0.25, 0.3) is 0 Å². The van der Waals surface area contributed by atoms with Gasteiger partial charge in [-0.15, -0.1) is 24.2 Å². The number of nitrogens with one attached hydrogen (secondary N) is 2. The van der Waals surface area contributed by atoms with Crippen LogP contribution in [0.5, 0.6) is 0 Å². The molecule has 4 N–H and O–H groups in total. The van der Waals surface area contributed by atoms with Crippen LogP contribution in [-0.4, -0.2) is 41.6 Å². The Morgan fingerprint density at radius 3 is 2.79 bits per heavy atom. The average molecular weight is 375 g/mol. The van der Waals surface area contributed by atoms with Crippen molar-refractivity contribution in [1.82, 2.24) is 10.6 Å². The highest BCUT2D eigenvalue weighted by atomic mass is 35.5. The van der Waals surface area contributed by atoms with Crippen molar-refractivity contribution < 1.29 is 14.5 Å². The van der Waals surface area contributed by atoms with Gasteiger partial charge >= 0.3 is 0 Å². The van der Waals surface area contributed by atoms with Gasteiger partial charge in [-0.1, -0.05) is 0 Å². The zero-order valence-electron chi connectivity index (χ0n) is 12.8. The molecule has 0 saturated carbocycles. The second-order valence-electron chi connectivity index (χ2n) is 5.20. The Kier molecular flexibility index (Phi) is 7.96. The lowest BCUT2D eigenvalue weighted by Crippen LogP contribution is -2.46. The summed E-state index contributed by atoms with van der Waals surface area (Å²) in [7, 11) is 0. The smallest absolute Gasteiger partial charge is 0.283 e. The summed E-state index contributed by atoms with van der Waals surface area (Å²) >= 11 is 1.07. The van der Waals surface area contributed by atoms with Crippen molar-refractivity contribution in [3.8, 4) is 0 Å². The topological polar surface area (TPSA) is 127 Å². The molecule has 0 bridgehead atoms. The van der Waals surface area contributed by atoms with Crippen LogP contribution in [0.2, 0.25) is 0 Å². The average Bonchev–Trinajstić information content (AvgIpc) is 2.53. The van der Waals surface area contributed by atoms with E-state index in [2.05, 4.69) is 10.6 Å². The number of carbonyl (C=O) groups excluding carboxylic acids is 2. The molecule has 1 atom stereocenters. The summed E-state index contributed by atoms with van der Waals surface area (Å²) in [6, 6.07) is 4.09. The van der Waals surface area contributed by atoms with E-state index in [1.54, 1.807) is 0 Å². The van der Waals surface area contributed by atoms with Crippen molar-refractivity contribution in [2.24, 2.45) is 5.73 Å². The molecule has 2 rings (SSSR count). The van der Waals surface area contributed by atoms with Crippen LogP contribution >= 0.6 is 24.2 Å². The lowest BCUT2D eigenvalue weighted by Gasteiger charge is -2.23. The number of nitro benzene ring substituents is 1. The molecule has 1 heterocycles. The molecular weight excluding hydrogens is 356 g/mol. The van der Waals surface area contributed by atoms with Gasteiger partial charge in [0, 0.05) is 24.2 Å². The number of hydrogen-bond acceptors (Lipinski definition) is 6.